The van der Waals surface area contributed by atoms with E-state index in [2.05, 4.69) is 10.6 Å². The molecule has 1 saturated heterocycles. The molecule has 5 rings (SSSR count). The first kappa shape index (κ1) is 27.3. The van der Waals surface area contributed by atoms with E-state index in [4.69, 9.17) is 5.11 Å². The second kappa shape index (κ2) is 10.7. The fourth-order valence-electron chi connectivity index (χ4n) is 4.87. The SMILES string of the molecule is O=C(O)c1ccc(-c2cc(C(=O)NC3C4C=CC(C4)N3C(=O)Nc3cccc(SC(F)(F)F)c3)ccc2F)cc1. The van der Waals surface area contributed by atoms with Crippen molar-refractivity contribution in [1.82, 2.24) is 10.2 Å². The maximum atomic E-state index is 14.6. The Kier molecular flexibility index (Phi) is 7.28. The van der Waals surface area contributed by atoms with E-state index in [1.807, 2.05) is 12.2 Å². The van der Waals surface area contributed by atoms with Crippen molar-refractivity contribution in [2.24, 2.45) is 5.92 Å². The first-order valence-electron chi connectivity index (χ1n) is 12.1. The van der Waals surface area contributed by atoms with Crippen molar-refractivity contribution in [2.45, 2.75) is 29.0 Å². The van der Waals surface area contributed by atoms with Gasteiger partial charge >= 0.3 is 17.5 Å². The van der Waals surface area contributed by atoms with Crippen LogP contribution in [-0.2, 0) is 0 Å². The zero-order chi connectivity index (χ0) is 28.6. The highest BCUT2D eigenvalue weighted by Crippen LogP contribution is 2.39. The number of anilines is 1. The van der Waals surface area contributed by atoms with Crippen LogP contribution in [0.25, 0.3) is 11.1 Å². The van der Waals surface area contributed by atoms with Crippen LogP contribution in [-0.4, -0.2) is 45.6 Å². The average molecular weight is 572 g/mol. The lowest BCUT2D eigenvalue weighted by Crippen LogP contribution is -2.54. The normalized spacial score (nSPS) is 19.5. The number of fused-ring (bicyclic) bond motifs is 2. The van der Waals surface area contributed by atoms with Gasteiger partial charge in [-0.1, -0.05) is 30.4 Å². The zero-order valence-electron chi connectivity index (χ0n) is 20.5. The number of amides is 3. The van der Waals surface area contributed by atoms with Gasteiger partial charge in [0.2, 0.25) is 0 Å². The van der Waals surface area contributed by atoms with Gasteiger partial charge in [0.25, 0.3) is 5.91 Å². The lowest BCUT2D eigenvalue weighted by atomic mass is 10.0. The molecule has 3 atom stereocenters. The monoisotopic (exact) mass is 571 g/mol. The van der Waals surface area contributed by atoms with E-state index in [0.29, 0.717) is 12.0 Å². The summed E-state index contributed by atoms with van der Waals surface area (Å²) in [5, 5.41) is 14.5. The molecule has 3 unspecified atom stereocenters. The van der Waals surface area contributed by atoms with Gasteiger partial charge in [-0.25, -0.2) is 14.0 Å². The maximum Gasteiger partial charge on any atom is 0.446 e. The number of carboxylic acid groups (broad SMARTS) is 1. The summed E-state index contributed by atoms with van der Waals surface area (Å²) >= 11 is -0.291. The average Bonchev–Trinajstić information content (AvgIpc) is 3.50. The number of hydrogen-bond donors (Lipinski definition) is 3. The largest absolute Gasteiger partial charge is 0.478 e. The van der Waals surface area contributed by atoms with Gasteiger partial charge < -0.3 is 15.7 Å². The number of aromatic carboxylic acids is 1. The Hall–Kier alpha value is -4.32. The van der Waals surface area contributed by atoms with Gasteiger partial charge in [0, 0.05) is 27.6 Å². The molecule has 2 bridgehead atoms. The Morgan fingerprint density at radius 2 is 1.68 bits per heavy atom. The standard InChI is InChI=1S/C28H21F4N3O4S/c29-23-11-9-18(13-22(23)15-4-6-16(7-5-15)26(37)38)25(36)34-24-17-8-10-20(12-17)35(24)27(39)33-19-2-1-3-21(14-19)40-28(30,31)32/h1-11,13-14,17,20,24H,12H2,(H,33,39)(H,34,36)(H,37,38). The first-order chi connectivity index (χ1) is 19.0. The van der Waals surface area contributed by atoms with Gasteiger partial charge in [-0.15, -0.1) is 0 Å². The summed E-state index contributed by atoms with van der Waals surface area (Å²) in [6, 6.07) is 13.8. The number of nitrogens with zero attached hydrogens (tertiary/aromatic N) is 1. The molecular weight excluding hydrogens is 550 g/mol. The van der Waals surface area contributed by atoms with Crippen molar-refractivity contribution >= 4 is 35.4 Å². The molecule has 1 fully saturated rings. The molecule has 0 saturated carbocycles. The Labute approximate surface area is 229 Å². The van der Waals surface area contributed by atoms with E-state index in [1.165, 1.54) is 65.6 Å². The second-order valence-electron chi connectivity index (χ2n) is 9.26. The van der Waals surface area contributed by atoms with Crippen molar-refractivity contribution in [3.05, 3.63) is 95.8 Å². The van der Waals surface area contributed by atoms with Gasteiger partial charge in [-0.3, -0.25) is 9.69 Å². The van der Waals surface area contributed by atoms with Crippen LogP contribution in [0.5, 0.6) is 0 Å². The second-order valence-corrected chi connectivity index (χ2v) is 10.4. The van der Waals surface area contributed by atoms with Gasteiger partial charge in [-0.05, 0) is 72.3 Å². The number of benzene rings is 3. The van der Waals surface area contributed by atoms with Crippen LogP contribution in [0.1, 0.15) is 27.1 Å². The van der Waals surface area contributed by atoms with E-state index in [1.54, 1.807) is 0 Å². The number of rotatable bonds is 6. The fourth-order valence-corrected chi connectivity index (χ4v) is 5.47. The summed E-state index contributed by atoms with van der Waals surface area (Å²) in [6.45, 7) is 0. The predicted molar refractivity (Wildman–Crippen MR) is 140 cm³/mol. The highest BCUT2D eigenvalue weighted by Gasteiger charge is 2.46. The van der Waals surface area contributed by atoms with Crippen LogP contribution in [0.4, 0.5) is 28.0 Å². The zero-order valence-corrected chi connectivity index (χ0v) is 21.3. The summed E-state index contributed by atoms with van der Waals surface area (Å²) in [7, 11) is 0. The number of nitrogens with one attached hydrogen (secondary N) is 2. The molecule has 0 spiro atoms. The molecule has 1 aliphatic carbocycles. The number of halogens is 4. The third-order valence-corrected chi connectivity index (χ3v) is 7.38. The molecule has 3 N–H and O–H groups in total. The third-order valence-electron chi connectivity index (χ3n) is 6.66. The Morgan fingerprint density at radius 3 is 2.38 bits per heavy atom. The van der Waals surface area contributed by atoms with E-state index in [-0.39, 0.29) is 51.0 Å². The Morgan fingerprint density at radius 1 is 0.950 bits per heavy atom. The van der Waals surface area contributed by atoms with Crippen molar-refractivity contribution in [3.63, 3.8) is 0 Å². The topological polar surface area (TPSA) is 98.7 Å². The summed E-state index contributed by atoms with van der Waals surface area (Å²) in [5.41, 5.74) is -3.66. The van der Waals surface area contributed by atoms with Crippen LogP contribution in [0.3, 0.4) is 0 Å². The van der Waals surface area contributed by atoms with Crippen molar-refractivity contribution in [2.75, 3.05) is 5.32 Å². The molecule has 7 nitrogen and oxygen atoms in total. The summed E-state index contributed by atoms with van der Waals surface area (Å²) < 4.78 is 52.9. The van der Waals surface area contributed by atoms with Crippen molar-refractivity contribution in [3.8, 4) is 11.1 Å². The molecule has 40 heavy (non-hydrogen) atoms. The van der Waals surface area contributed by atoms with Crippen LogP contribution in [0, 0.1) is 11.7 Å². The lowest BCUT2D eigenvalue weighted by molar-refractivity contribution is -0.0328. The number of alkyl halides is 3. The molecular formula is C28H21F4N3O4S. The number of carboxylic acids is 1. The van der Waals surface area contributed by atoms with Crippen molar-refractivity contribution < 1.29 is 37.1 Å². The number of hydrogen-bond acceptors (Lipinski definition) is 4. The minimum absolute atomic E-state index is 0.0339. The van der Waals surface area contributed by atoms with E-state index < -0.39 is 35.4 Å². The molecule has 3 aromatic rings. The molecule has 12 heteroatoms. The molecule has 206 valence electrons. The van der Waals surface area contributed by atoms with Gasteiger partial charge in [0.05, 0.1) is 11.6 Å². The molecule has 1 heterocycles. The van der Waals surface area contributed by atoms with E-state index in [0.717, 1.165) is 6.07 Å². The number of urea groups is 1. The maximum absolute atomic E-state index is 14.6. The first-order valence-corrected chi connectivity index (χ1v) is 12.9. The molecule has 0 radical (unpaired) electrons. The number of thioether (sulfide) groups is 1. The summed E-state index contributed by atoms with van der Waals surface area (Å²) in [6.07, 6.45) is 3.55. The van der Waals surface area contributed by atoms with Gasteiger partial charge in [0.1, 0.15) is 12.0 Å². The molecule has 3 aromatic carbocycles. The predicted octanol–water partition coefficient (Wildman–Crippen LogP) is 6.35. The Bertz CT molecular complexity index is 1510. The van der Waals surface area contributed by atoms with Crippen molar-refractivity contribution in [1.29, 1.82) is 0 Å². The minimum Gasteiger partial charge on any atom is -0.478 e. The number of carbonyl (C=O) groups is 3. The van der Waals surface area contributed by atoms with Crippen LogP contribution in [0.2, 0.25) is 0 Å². The molecule has 2 aliphatic rings. The fraction of sp³-hybridized carbons (Fsp3) is 0.179. The van der Waals surface area contributed by atoms with Gasteiger partial charge in [0.15, 0.2) is 0 Å². The lowest BCUT2D eigenvalue weighted by Gasteiger charge is -2.33. The molecule has 1 aliphatic heterocycles. The quantitative estimate of drug-likeness (QED) is 0.182. The molecule has 0 aromatic heterocycles. The van der Waals surface area contributed by atoms with Crippen LogP contribution >= 0.6 is 11.8 Å². The smallest absolute Gasteiger partial charge is 0.446 e. The van der Waals surface area contributed by atoms with Crippen LogP contribution < -0.4 is 10.6 Å². The van der Waals surface area contributed by atoms with Crippen LogP contribution in [0.15, 0.2) is 83.8 Å². The summed E-state index contributed by atoms with van der Waals surface area (Å²) in [4.78, 5) is 38.9. The highest BCUT2D eigenvalue weighted by molar-refractivity contribution is 8.00. The third kappa shape index (κ3) is 5.81. The minimum atomic E-state index is -4.47. The molecule has 3 amide bonds. The van der Waals surface area contributed by atoms with Gasteiger partial charge in [-0.2, -0.15) is 13.2 Å². The number of carbonyl (C=O) groups excluding carboxylic acids is 2. The Balaban J connectivity index is 1.33. The number of likely N-dealkylation sites (tertiary alicyclic amines) is 1. The van der Waals surface area contributed by atoms with E-state index >= 15 is 0 Å². The van der Waals surface area contributed by atoms with E-state index in [9.17, 15) is 31.9 Å². The summed E-state index contributed by atoms with van der Waals surface area (Å²) in [5.74, 6) is -2.47. The highest BCUT2D eigenvalue weighted by atomic mass is 32.2.